The van der Waals surface area contributed by atoms with Gasteiger partial charge in [-0.3, -0.25) is 9.69 Å². The molecule has 0 unspecified atom stereocenters. The van der Waals surface area contributed by atoms with Crippen molar-refractivity contribution in [1.82, 2.24) is 4.90 Å². The third-order valence-corrected chi connectivity index (χ3v) is 6.16. The zero-order chi connectivity index (χ0) is 23.9. The molecule has 2 heterocycles. The summed E-state index contributed by atoms with van der Waals surface area (Å²) in [5, 5.41) is 3.06. The SMILES string of the molecule is CCOc1cc(N2CCOCC2)c(OCC)cc1NC(=O)CN1CCc2ccc(OC)cc2C1. The molecule has 8 heteroatoms. The summed E-state index contributed by atoms with van der Waals surface area (Å²) in [4.78, 5) is 17.4. The monoisotopic (exact) mass is 469 g/mol. The van der Waals surface area contributed by atoms with E-state index in [0.29, 0.717) is 44.4 Å². The highest BCUT2D eigenvalue weighted by molar-refractivity contribution is 5.94. The lowest BCUT2D eigenvalue weighted by Crippen LogP contribution is -2.37. The summed E-state index contributed by atoms with van der Waals surface area (Å²) in [6, 6.07) is 10.0. The number of morpholine rings is 1. The van der Waals surface area contributed by atoms with Crippen LogP contribution in [-0.4, -0.2) is 70.5 Å². The quantitative estimate of drug-likeness (QED) is 0.604. The Balaban J connectivity index is 1.49. The molecule has 1 amide bonds. The highest BCUT2D eigenvalue weighted by Crippen LogP contribution is 2.39. The molecule has 34 heavy (non-hydrogen) atoms. The van der Waals surface area contributed by atoms with Crippen LogP contribution in [0.3, 0.4) is 0 Å². The van der Waals surface area contributed by atoms with Crippen LogP contribution in [0.15, 0.2) is 30.3 Å². The summed E-state index contributed by atoms with van der Waals surface area (Å²) in [6.45, 7) is 9.74. The Morgan fingerprint density at radius 1 is 1.00 bits per heavy atom. The molecule has 184 valence electrons. The molecule has 1 saturated heterocycles. The molecule has 2 aliphatic rings. The predicted molar refractivity (Wildman–Crippen MR) is 132 cm³/mol. The number of benzene rings is 2. The van der Waals surface area contributed by atoms with Gasteiger partial charge in [0.1, 0.15) is 17.2 Å². The van der Waals surface area contributed by atoms with Gasteiger partial charge in [0, 0.05) is 38.3 Å². The second kappa shape index (κ2) is 11.4. The van der Waals surface area contributed by atoms with Crippen molar-refractivity contribution in [3.05, 3.63) is 41.5 Å². The smallest absolute Gasteiger partial charge is 0.238 e. The summed E-state index contributed by atoms with van der Waals surface area (Å²) < 4.78 is 22.7. The molecule has 2 aromatic carbocycles. The van der Waals surface area contributed by atoms with Gasteiger partial charge in [-0.25, -0.2) is 0 Å². The number of fused-ring (bicyclic) bond motifs is 1. The van der Waals surface area contributed by atoms with E-state index in [1.807, 2.05) is 32.0 Å². The highest BCUT2D eigenvalue weighted by Gasteiger charge is 2.22. The fraction of sp³-hybridized carbons (Fsp3) is 0.500. The normalized spacial score (nSPS) is 16.0. The average molecular weight is 470 g/mol. The fourth-order valence-electron chi connectivity index (χ4n) is 4.49. The number of rotatable bonds is 9. The number of hydrogen-bond donors (Lipinski definition) is 1. The Kier molecular flexibility index (Phi) is 8.13. The molecule has 0 spiro atoms. The summed E-state index contributed by atoms with van der Waals surface area (Å²) in [5.74, 6) is 2.15. The topological polar surface area (TPSA) is 72.5 Å². The van der Waals surface area contributed by atoms with E-state index in [9.17, 15) is 4.79 Å². The maximum Gasteiger partial charge on any atom is 0.238 e. The molecular formula is C26H35N3O5. The van der Waals surface area contributed by atoms with Gasteiger partial charge >= 0.3 is 0 Å². The second-order valence-electron chi connectivity index (χ2n) is 8.43. The van der Waals surface area contributed by atoms with E-state index in [0.717, 1.165) is 49.8 Å². The van der Waals surface area contributed by atoms with E-state index in [2.05, 4.69) is 27.2 Å². The molecular weight excluding hydrogens is 434 g/mol. The second-order valence-corrected chi connectivity index (χ2v) is 8.43. The summed E-state index contributed by atoms with van der Waals surface area (Å²) in [6.07, 6.45) is 0.916. The molecule has 4 rings (SSSR count). The van der Waals surface area contributed by atoms with Gasteiger partial charge in [0.25, 0.3) is 0 Å². The number of nitrogens with one attached hydrogen (secondary N) is 1. The lowest BCUT2D eigenvalue weighted by molar-refractivity contribution is -0.117. The van der Waals surface area contributed by atoms with Crippen LogP contribution in [0.2, 0.25) is 0 Å². The number of hydrogen-bond acceptors (Lipinski definition) is 7. The van der Waals surface area contributed by atoms with Gasteiger partial charge in [0.15, 0.2) is 0 Å². The van der Waals surface area contributed by atoms with Gasteiger partial charge in [0.05, 0.1) is 51.5 Å². The van der Waals surface area contributed by atoms with E-state index < -0.39 is 0 Å². The maximum atomic E-state index is 13.0. The van der Waals surface area contributed by atoms with Gasteiger partial charge in [-0.15, -0.1) is 0 Å². The first-order chi connectivity index (χ1) is 16.6. The molecule has 0 radical (unpaired) electrons. The van der Waals surface area contributed by atoms with Crippen LogP contribution in [0.1, 0.15) is 25.0 Å². The van der Waals surface area contributed by atoms with Crippen molar-refractivity contribution in [2.24, 2.45) is 0 Å². The van der Waals surface area contributed by atoms with E-state index in [-0.39, 0.29) is 5.91 Å². The van der Waals surface area contributed by atoms with Crippen molar-refractivity contribution in [1.29, 1.82) is 0 Å². The Bertz CT molecular complexity index is 991. The number of amides is 1. The Labute approximate surface area is 201 Å². The van der Waals surface area contributed by atoms with Gasteiger partial charge in [-0.2, -0.15) is 0 Å². The van der Waals surface area contributed by atoms with Crippen LogP contribution >= 0.6 is 0 Å². The largest absolute Gasteiger partial charge is 0.497 e. The Morgan fingerprint density at radius 2 is 1.76 bits per heavy atom. The predicted octanol–water partition coefficient (Wildman–Crippen LogP) is 3.33. The van der Waals surface area contributed by atoms with Crippen LogP contribution in [0.25, 0.3) is 0 Å². The van der Waals surface area contributed by atoms with Crippen LogP contribution in [0.5, 0.6) is 17.2 Å². The van der Waals surface area contributed by atoms with Crippen molar-refractivity contribution in [3.63, 3.8) is 0 Å². The van der Waals surface area contributed by atoms with Crippen molar-refractivity contribution in [2.75, 3.05) is 69.9 Å². The van der Waals surface area contributed by atoms with Gasteiger partial charge in [-0.1, -0.05) is 6.07 Å². The van der Waals surface area contributed by atoms with E-state index in [1.165, 1.54) is 11.1 Å². The highest BCUT2D eigenvalue weighted by atomic mass is 16.5. The standard InChI is InChI=1S/C26H35N3O5/c1-4-33-24-16-23(29-10-12-32-13-11-29)25(34-5-2)15-22(24)27-26(30)18-28-9-8-19-6-7-21(31-3)14-20(19)17-28/h6-7,14-16H,4-5,8-13,17-18H2,1-3H3,(H,27,30). The van der Waals surface area contributed by atoms with Crippen LogP contribution in [-0.2, 0) is 22.5 Å². The van der Waals surface area contributed by atoms with Gasteiger partial charge in [-0.05, 0) is 43.5 Å². The number of ether oxygens (including phenoxy) is 4. The lowest BCUT2D eigenvalue weighted by atomic mass is 9.99. The minimum absolute atomic E-state index is 0.0751. The molecule has 1 N–H and O–H groups in total. The third kappa shape index (κ3) is 5.74. The van der Waals surface area contributed by atoms with Crippen LogP contribution < -0.4 is 24.4 Å². The minimum Gasteiger partial charge on any atom is -0.497 e. The zero-order valence-corrected chi connectivity index (χ0v) is 20.4. The number of methoxy groups -OCH3 is 1. The van der Waals surface area contributed by atoms with Crippen molar-refractivity contribution < 1.29 is 23.7 Å². The average Bonchev–Trinajstić information content (AvgIpc) is 2.85. The Hall–Kier alpha value is -2.97. The first-order valence-electron chi connectivity index (χ1n) is 12.1. The molecule has 8 nitrogen and oxygen atoms in total. The van der Waals surface area contributed by atoms with Crippen molar-refractivity contribution in [2.45, 2.75) is 26.8 Å². The van der Waals surface area contributed by atoms with Crippen molar-refractivity contribution in [3.8, 4) is 17.2 Å². The Morgan fingerprint density at radius 3 is 2.50 bits per heavy atom. The number of nitrogens with zero attached hydrogens (tertiary/aromatic N) is 2. The zero-order valence-electron chi connectivity index (χ0n) is 20.4. The summed E-state index contributed by atoms with van der Waals surface area (Å²) in [5.41, 5.74) is 4.12. The number of carbonyl (C=O) groups is 1. The first kappa shape index (κ1) is 24.2. The molecule has 0 atom stereocenters. The fourth-order valence-corrected chi connectivity index (χ4v) is 4.49. The minimum atomic E-state index is -0.0751. The van der Waals surface area contributed by atoms with Gasteiger partial charge < -0.3 is 29.2 Å². The first-order valence-corrected chi connectivity index (χ1v) is 12.1. The number of anilines is 2. The molecule has 0 aliphatic carbocycles. The molecule has 2 aromatic rings. The maximum absolute atomic E-state index is 13.0. The molecule has 1 fully saturated rings. The summed E-state index contributed by atoms with van der Waals surface area (Å²) in [7, 11) is 1.67. The molecule has 0 saturated carbocycles. The third-order valence-electron chi connectivity index (χ3n) is 6.16. The van der Waals surface area contributed by atoms with E-state index in [1.54, 1.807) is 7.11 Å². The van der Waals surface area contributed by atoms with Gasteiger partial charge in [0.2, 0.25) is 5.91 Å². The van der Waals surface area contributed by atoms with E-state index in [4.69, 9.17) is 18.9 Å². The number of carbonyl (C=O) groups excluding carboxylic acids is 1. The van der Waals surface area contributed by atoms with Crippen molar-refractivity contribution >= 4 is 17.3 Å². The lowest BCUT2D eigenvalue weighted by Gasteiger charge is -2.31. The van der Waals surface area contributed by atoms with E-state index >= 15 is 0 Å². The molecule has 0 aromatic heterocycles. The van der Waals surface area contributed by atoms with Crippen LogP contribution in [0.4, 0.5) is 11.4 Å². The summed E-state index contributed by atoms with van der Waals surface area (Å²) >= 11 is 0. The molecule has 0 bridgehead atoms. The van der Waals surface area contributed by atoms with Crippen LogP contribution in [0, 0.1) is 0 Å². The molecule has 2 aliphatic heterocycles.